The Kier molecular flexibility index (Phi) is 6.00. The number of halogens is 2. The summed E-state index contributed by atoms with van der Waals surface area (Å²) in [7, 11) is 0. The van der Waals surface area contributed by atoms with Gasteiger partial charge in [0.25, 0.3) is 11.8 Å². The van der Waals surface area contributed by atoms with Crippen LogP contribution in [0.2, 0.25) is 0 Å². The molecule has 0 saturated carbocycles. The van der Waals surface area contributed by atoms with Gasteiger partial charge in [-0.3, -0.25) is 19.5 Å². The fourth-order valence-corrected chi connectivity index (χ4v) is 4.31. The topological polar surface area (TPSA) is 56.8 Å². The molecule has 4 rings (SSSR count). The highest BCUT2D eigenvalue weighted by Gasteiger charge is 2.53. The zero-order valence-corrected chi connectivity index (χ0v) is 17.5. The number of aromatic nitrogens is 1. The van der Waals surface area contributed by atoms with E-state index < -0.39 is 24.9 Å². The largest absolute Gasteiger partial charge is 0.337 e. The van der Waals surface area contributed by atoms with Crippen LogP contribution in [0.4, 0.5) is 8.78 Å². The van der Waals surface area contributed by atoms with Crippen molar-refractivity contribution in [2.24, 2.45) is 0 Å². The van der Waals surface area contributed by atoms with Gasteiger partial charge in [0, 0.05) is 56.6 Å². The lowest BCUT2D eigenvalue weighted by molar-refractivity contribution is -0.138. The Morgan fingerprint density at radius 3 is 2.45 bits per heavy atom. The molecular weight excluding hydrogens is 402 g/mol. The summed E-state index contributed by atoms with van der Waals surface area (Å²) in [5.74, 6) is -3.32. The molecule has 0 radical (unpaired) electrons. The molecule has 164 valence electrons. The standard InChI is InChI=1S/C23H26F2N4O2/c1-2-27(13-17-8-10-26-11-9-17)22(31)20-12-23(24,25)16-29(20)19-14-28(15-19)21(30)18-6-4-3-5-7-18/h3-11,19-20H,2,12-16H2,1H3/t20-/m0/s1. The van der Waals surface area contributed by atoms with Crippen LogP contribution in [0.5, 0.6) is 0 Å². The molecule has 3 heterocycles. The normalized spacial score (nSPS) is 21.0. The second kappa shape index (κ2) is 8.70. The van der Waals surface area contributed by atoms with Crippen LogP contribution < -0.4 is 0 Å². The number of amides is 2. The van der Waals surface area contributed by atoms with Gasteiger partial charge in [-0.15, -0.1) is 0 Å². The van der Waals surface area contributed by atoms with Crippen LogP contribution in [-0.4, -0.2) is 75.7 Å². The quantitative estimate of drug-likeness (QED) is 0.710. The fourth-order valence-electron chi connectivity index (χ4n) is 4.31. The maximum atomic E-state index is 14.3. The Morgan fingerprint density at radius 1 is 1.13 bits per heavy atom. The molecule has 0 unspecified atom stereocenters. The second-order valence-corrected chi connectivity index (χ2v) is 8.19. The number of hydrogen-bond donors (Lipinski definition) is 0. The molecule has 2 saturated heterocycles. The second-order valence-electron chi connectivity index (χ2n) is 8.19. The van der Waals surface area contributed by atoms with Crippen molar-refractivity contribution < 1.29 is 18.4 Å². The van der Waals surface area contributed by atoms with Gasteiger partial charge in [-0.2, -0.15) is 0 Å². The van der Waals surface area contributed by atoms with E-state index in [9.17, 15) is 18.4 Å². The zero-order chi connectivity index (χ0) is 22.0. The molecule has 8 heteroatoms. The van der Waals surface area contributed by atoms with Gasteiger partial charge in [-0.25, -0.2) is 8.78 Å². The van der Waals surface area contributed by atoms with Gasteiger partial charge in [-0.05, 0) is 36.8 Å². The van der Waals surface area contributed by atoms with Crippen LogP contribution in [0, 0.1) is 0 Å². The number of likely N-dealkylation sites (N-methyl/N-ethyl adjacent to an activating group) is 1. The van der Waals surface area contributed by atoms with E-state index in [-0.39, 0.29) is 17.9 Å². The first-order valence-corrected chi connectivity index (χ1v) is 10.5. The predicted octanol–water partition coefficient (Wildman–Crippen LogP) is 2.66. The summed E-state index contributed by atoms with van der Waals surface area (Å²) in [5, 5.41) is 0. The molecule has 1 aromatic heterocycles. The summed E-state index contributed by atoms with van der Waals surface area (Å²) >= 11 is 0. The molecule has 6 nitrogen and oxygen atoms in total. The average Bonchev–Trinajstić information content (AvgIpc) is 3.06. The number of alkyl halides is 2. The third-order valence-electron chi connectivity index (χ3n) is 6.05. The molecule has 0 bridgehead atoms. The van der Waals surface area contributed by atoms with E-state index in [1.54, 1.807) is 51.4 Å². The van der Waals surface area contributed by atoms with Crippen LogP contribution in [0.15, 0.2) is 54.9 Å². The molecule has 1 atom stereocenters. The highest BCUT2D eigenvalue weighted by atomic mass is 19.3. The number of pyridine rings is 1. The molecular formula is C23H26F2N4O2. The van der Waals surface area contributed by atoms with E-state index in [2.05, 4.69) is 4.98 Å². The first kappa shape index (κ1) is 21.4. The first-order valence-electron chi connectivity index (χ1n) is 10.5. The maximum absolute atomic E-state index is 14.3. The van der Waals surface area contributed by atoms with E-state index in [1.165, 1.54) is 0 Å². The van der Waals surface area contributed by atoms with E-state index in [4.69, 9.17) is 0 Å². The molecule has 2 aliphatic heterocycles. The average molecular weight is 428 g/mol. The van der Waals surface area contributed by atoms with Crippen LogP contribution in [0.1, 0.15) is 29.3 Å². The molecule has 31 heavy (non-hydrogen) atoms. The van der Waals surface area contributed by atoms with Crippen molar-refractivity contribution in [2.45, 2.75) is 37.9 Å². The monoisotopic (exact) mass is 428 g/mol. The molecule has 2 fully saturated rings. The smallest absolute Gasteiger partial charge is 0.262 e. The number of hydrogen-bond acceptors (Lipinski definition) is 4. The van der Waals surface area contributed by atoms with Gasteiger partial charge < -0.3 is 9.80 Å². The SMILES string of the molecule is CCN(Cc1ccncc1)C(=O)[C@@H]1CC(F)(F)CN1C1CN(C(=O)c2ccccc2)C1. The Labute approximate surface area is 180 Å². The van der Waals surface area contributed by atoms with Crippen molar-refractivity contribution in [3.8, 4) is 0 Å². The summed E-state index contributed by atoms with van der Waals surface area (Å²) in [6, 6.07) is 11.4. The van der Waals surface area contributed by atoms with E-state index >= 15 is 0 Å². The number of nitrogens with zero attached hydrogens (tertiary/aromatic N) is 4. The van der Waals surface area contributed by atoms with Crippen molar-refractivity contribution in [3.05, 3.63) is 66.0 Å². The Bertz CT molecular complexity index is 920. The summed E-state index contributed by atoms with van der Waals surface area (Å²) in [4.78, 5) is 34.6. The van der Waals surface area contributed by atoms with E-state index in [1.807, 2.05) is 25.1 Å². The first-order chi connectivity index (χ1) is 14.9. The van der Waals surface area contributed by atoms with Gasteiger partial charge in [0.1, 0.15) is 0 Å². The van der Waals surface area contributed by atoms with Gasteiger partial charge in [0.05, 0.1) is 12.6 Å². The van der Waals surface area contributed by atoms with Crippen molar-refractivity contribution >= 4 is 11.8 Å². The summed E-state index contributed by atoms with van der Waals surface area (Å²) in [6.07, 6.45) is 2.81. The Hall–Kier alpha value is -2.87. The van der Waals surface area contributed by atoms with E-state index in [0.717, 1.165) is 5.56 Å². The van der Waals surface area contributed by atoms with Crippen molar-refractivity contribution in [2.75, 3.05) is 26.2 Å². The Balaban J connectivity index is 1.43. The summed E-state index contributed by atoms with van der Waals surface area (Å²) in [6.45, 7) is 2.89. The number of rotatable bonds is 6. The number of benzene rings is 1. The predicted molar refractivity (Wildman–Crippen MR) is 112 cm³/mol. The third-order valence-corrected chi connectivity index (χ3v) is 6.05. The molecule has 1 aromatic carbocycles. The minimum atomic E-state index is -2.92. The molecule has 0 spiro atoms. The van der Waals surface area contributed by atoms with Crippen LogP contribution in [0.25, 0.3) is 0 Å². The third kappa shape index (κ3) is 4.58. The number of carbonyl (C=O) groups excluding carboxylic acids is 2. The minimum Gasteiger partial charge on any atom is -0.337 e. The number of carbonyl (C=O) groups is 2. The van der Waals surface area contributed by atoms with E-state index in [0.29, 0.717) is 31.7 Å². The minimum absolute atomic E-state index is 0.112. The van der Waals surface area contributed by atoms with Gasteiger partial charge in [0.2, 0.25) is 5.91 Å². The molecule has 0 N–H and O–H groups in total. The lowest BCUT2D eigenvalue weighted by Crippen LogP contribution is -2.63. The van der Waals surface area contributed by atoms with Crippen LogP contribution in [0.3, 0.4) is 0 Å². The fraction of sp³-hybridized carbons (Fsp3) is 0.435. The van der Waals surface area contributed by atoms with Crippen molar-refractivity contribution in [1.82, 2.24) is 19.7 Å². The molecule has 2 amide bonds. The van der Waals surface area contributed by atoms with Crippen LogP contribution in [-0.2, 0) is 11.3 Å². The molecule has 0 aliphatic carbocycles. The van der Waals surface area contributed by atoms with Crippen molar-refractivity contribution in [3.63, 3.8) is 0 Å². The zero-order valence-electron chi connectivity index (χ0n) is 17.5. The lowest BCUT2D eigenvalue weighted by Gasteiger charge is -2.46. The van der Waals surface area contributed by atoms with Gasteiger partial charge >= 0.3 is 0 Å². The van der Waals surface area contributed by atoms with Gasteiger partial charge in [0.15, 0.2) is 0 Å². The lowest BCUT2D eigenvalue weighted by atomic mass is 10.0. The highest BCUT2D eigenvalue weighted by Crippen LogP contribution is 2.36. The number of likely N-dealkylation sites (tertiary alicyclic amines) is 2. The van der Waals surface area contributed by atoms with Gasteiger partial charge in [-0.1, -0.05) is 18.2 Å². The summed E-state index contributed by atoms with van der Waals surface area (Å²) < 4.78 is 28.7. The Morgan fingerprint density at radius 2 is 1.81 bits per heavy atom. The maximum Gasteiger partial charge on any atom is 0.262 e. The van der Waals surface area contributed by atoms with Crippen molar-refractivity contribution in [1.29, 1.82) is 0 Å². The highest BCUT2D eigenvalue weighted by molar-refractivity contribution is 5.94. The summed E-state index contributed by atoms with van der Waals surface area (Å²) in [5.41, 5.74) is 1.49. The molecule has 2 aliphatic rings. The van der Waals surface area contributed by atoms with Crippen LogP contribution >= 0.6 is 0 Å². The molecule has 2 aromatic rings.